The molecule has 0 N–H and O–H groups in total. The van der Waals surface area contributed by atoms with Gasteiger partial charge in [0, 0.05) is 15.9 Å². The summed E-state index contributed by atoms with van der Waals surface area (Å²) in [6, 6.07) is 7.93. The summed E-state index contributed by atoms with van der Waals surface area (Å²) in [5.41, 5.74) is 0.645. The molecule has 1 aromatic carbocycles. The number of benzene rings is 1. The molecule has 1 heterocycles. The summed E-state index contributed by atoms with van der Waals surface area (Å²) in [5.74, 6) is 0.491. The van der Waals surface area contributed by atoms with Crippen molar-refractivity contribution in [2.24, 2.45) is 0 Å². The fraction of sp³-hybridized carbons (Fsp3) is 0.231. The molecule has 19 heavy (non-hydrogen) atoms. The van der Waals surface area contributed by atoms with E-state index in [0.29, 0.717) is 18.0 Å². The number of carbonyl (C=O) groups is 1. The molecule has 3 nitrogen and oxygen atoms in total. The average molecular weight is 404 g/mol. The number of aromatic nitrogens is 2. The molecule has 2 rings (SSSR count). The number of rotatable bonds is 5. The molecule has 0 atom stereocenters. The summed E-state index contributed by atoms with van der Waals surface area (Å²) >= 11 is 8.30. The lowest BCUT2D eigenvalue weighted by Gasteiger charge is -2.05. The van der Waals surface area contributed by atoms with Crippen molar-refractivity contribution >= 4 is 49.4 Å². The number of aryl methyl sites for hydroxylation is 1. The molecule has 0 aliphatic rings. The number of thioether (sulfide) groups is 1. The van der Waals surface area contributed by atoms with E-state index in [4.69, 9.17) is 0 Å². The van der Waals surface area contributed by atoms with Crippen LogP contribution in [0.15, 0.2) is 44.3 Å². The molecule has 0 spiro atoms. The van der Waals surface area contributed by atoms with Crippen molar-refractivity contribution < 1.29 is 4.79 Å². The number of hydrogen-bond donors (Lipinski definition) is 0. The van der Waals surface area contributed by atoms with Crippen molar-refractivity contribution in [2.45, 2.75) is 18.4 Å². The number of ketones is 1. The zero-order valence-electron chi connectivity index (χ0n) is 10.3. The molecule has 0 fully saturated rings. The predicted octanol–water partition coefficient (Wildman–Crippen LogP) is 4.40. The number of Topliss-reactive ketones (excluding diaryl/α,β-unsaturated/α-hetero) is 1. The molecule has 2 aromatic rings. The van der Waals surface area contributed by atoms with Gasteiger partial charge in [-0.25, -0.2) is 0 Å². The Labute approximate surface area is 133 Å². The van der Waals surface area contributed by atoms with Gasteiger partial charge in [-0.3, -0.25) is 9.48 Å². The van der Waals surface area contributed by atoms with E-state index in [1.165, 1.54) is 11.8 Å². The molecular formula is C13H12Br2N2OS. The van der Waals surface area contributed by atoms with E-state index in [-0.39, 0.29) is 5.78 Å². The Hall–Kier alpha value is -0.590. The Kier molecular flexibility index (Phi) is 5.24. The van der Waals surface area contributed by atoms with Crippen molar-refractivity contribution in [1.82, 2.24) is 9.78 Å². The summed E-state index contributed by atoms with van der Waals surface area (Å²) in [4.78, 5) is 13.3. The van der Waals surface area contributed by atoms with E-state index in [1.54, 1.807) is 10.9 Å². The van der Waals surface area contributed by atoms with Gasteiger partial charge in [0.15, 0.2) is 5.78 Å². The third-order valence-electron chi connectivity index (χ3n) is 2.54. The number of carbonyl (C=O) groups excluding carboxylic acids is 1. The molecular weight excluding hydrogens is 392 g/mol. The normalized spacial score (nSPS) is 10.7. The molecule has 0 aliphatic carbocycles. The van der Waals surface area contributed by atoms with Crippen LogP contribution in [0, 0.1) is 0 Å². The topological polar surface area (TPSA) is 34.9 Å². The Bertz CT molecular complexity index is 581. The molecule has 0 amide bonds. The van der Waals surface area contributed by atoms with Crippen molar-refractivity contribution in [1.29, 1.82) is 0 Å². The van der Waals surface area contributed by atoms with Crippen LogP contribution in [-0.2, 0) is 6.54 Å². The summed E-state index contributed by atoms with van der Waals surface area (Å²) in [7, 11) is 0. The fourth-order valence-electron chi connectivity index (χ4n) is 1.63. The minimum Gasteiger partial charge on any atom is -0.291 e. The van der Waals surface area contributed by atoms with Gasteiger partial charge in [0.2, 0.25) is 0 Å². The standard InChI is InChI=1S/C13H12Br2N2OS/c1-2-17-13(11(15)7-16-17)12(18)8-19-10-5-3-9(14)4-6-10/h3-7H,2,8H2,1H3. The second-order valence-corrected chi connectivity index (χ2v) is 6.64. The molecule has 0 bridgehead atoms. The molecule has 6 heteroatoms. The van der Waals surface area contributed by atoms with Crippen LogP contribution in [0.4, 0.5) is 0 Å². The van der Waals surface area contributed by atoms with Crippen LogP contribution in [0.5, 0.6) is 0 Å². The molecule has 0 radical (unpaired) electrons. The first-order valence-corrected chi connectivity index (χ1v) is 8.32. The van der Waals surface area contributed by atoms with E-state index in [2.05, 4.69) is 37.0 Å². The predicted molar refractivity (Wildman–Crippen MR) is 84.8 cm³/mol. The quantitative estimate of drug-likeness (QED) is 0.548. The van der Waals surface area contributed by atoms with Gasteiger partial charge in [-0.1, -0.05) is 15.9 Å². The van der Waals surface area contributed by atoms with Crippen LogP contribution in [0.3, 0.4) is 0 Å². The first-order chi connectivity index (χ1) is 9.11. The van der Waals surface area contributed by atoms with Gasteiger partial charge in [0.25, 0.3) is 0 Å². The van der Waals surface area contributed by atoms with Gasteiger partial charge >= 0.3 is 0 Å². The maximum Gasteiger partial charge on any atom is 0.192 e. The number of nitrogens with zero attached hydrogens (tertiary/aromatic N) is 2. The van der Waals surface area contributed by atoms with E-state index in [9.17, 15) is 4.79 Å². The summed E-state index contributed by atoms with van der Waals surface area (Å²) < 4.78 is 3.51. The second-order valence-electron chi connectivity index (χ2n) is 3.82. The fourth-order valence-corrected chi connectivity index (χ4v) is 3.17. The van der Waals surface area contributed by atoms with Gasteiger partial charge in [-0.15, -0.1) is 11.8 Å². The lowest BCUT2D eigenvalue weighted by Crippen LogP contribution is -2.12. The van der Waals surface area contributed by atoms with Gasteiger partial charge in [0.05, 0.1) is 16.4 Å². The largest absolute Gasteiger partial charge is 0.291 e. The van der Waals surface area contributed by atoms with Gasteiger partial charge in [-0.05, 0) is 47.1 Å². The highest BCUT2D eigenvalue weighted by atomic mass is 79.9. The van der Waals surface area contributed by atoms with E-state index >= 15 is 0 Å². The minimum absolute atomic E-state index is 0.0825. The Morgan fingerprint density at radius 1 is 1.32 bits per heavy atom. The highest BCUT2D eigenvalue weighted by molar-refractivity contribution is 9.10. The van der Waals surface area contributed by atoms with E-state index in [1.807, 2.05) is 31.2 Å². The summed E-state index contributed by atoms with van der Waals surface area (Å²) in [5, 5.41) is 4.16. The molecule has 0 aliphatic heterocycles. The zero-order chi connectivity index (χ0) is 13.8. The summed E-state index contributed by atoms with van der Waals surface area (Å²) in [6.45, 7) is 2.66. The highest BCUT2D eigenvalue weighted by Gasteiger charge is 2.16. The van der Waals surface area contributed by atoms with Crippen molar-refractivity contribution in [2.75, 3.05) is 5.75 Å². The molecule has 0 saturated heterocycles. The maximum atomic E-state index is 12.2. The Morgan fingerprint density at radius 2 is 2.00 bits per heavy atom. The number of hydrogen-bond acceptors (Lipinski definition) is 3. The van der Waals surface area contributed by atoms with Crippen molar-refractivity contribution in [3.63, 3.8) is 0 Å². The molecule has 0 saturated carbocycles. The minimum atomic E-state index is 0.0825. The van der Waals surface area contributed by atoms with Gasteiger partial charge in [-0.2, -0.15) is 5.10 Å². The third kappa shape index (κ3) is 3.70. The lowest BCUT2D eigenvalue weighted by atomic mass is 10.3. The highest BCUT2D eigenvalue weighted by Crippen LogP contribution is 2.23. The first-order valence-electron chi connectivity index (χ1n) is 5.74. The third-order valence-corrected chi connectivity index (χ3v) is 4.66. The summed E-state index contributed by atoms with van der Waals surface area (Å²) in [6.07, 6.45) is 1.67. The van der Waals surface area contributed by atoms with E-state index < -0.39 is 0 Å². The van der Waals surface area contributed by atoms with Crippen molar-refractivity contribution in [3.8, 4) is 0 Å². The zero-order valence-corrected chi connectivity index (χ0v) is 14.3. The van der Waals surface area contributed by atoms with Crippen LogP contribution in [0.1, 0.15) is 17.4 Å². The lowest BCUT2D eigenvalue weighted by molar-refractivity contribution is 0.101. The van der Waals surface area contributed by atoms with Crippen LogP contribution >= 0.6 is 43.6 Å². The first kappa shape index (κ1) is 14.8. The van der Waals surface area contributed by atoms with Crippen LogP contribution in [-0.4, -0.2) is 21.3 Å². The van der Waals surface area contributed by atoms with Crippen LogP contribution in [0.25, 0.3) is 0 Å². The molecule has 0 unspecified atom stereocenters. The second kappa shape index (κ2) is 6.72. The van der Waals surface area contributed by atoms with Crippen LogP contribution < -0.4 is 0 Å². The Morgan fingerprint density at radius 3 is 2.63 bits per heavy atom. The Balaban J connectivity index is 2.05. The van der Waals surface area contributed by atoms with E-state index in [0.717, 1.165) is 13.8 Å². The smallest absolute Gasteiger partial charge is 0.192 e. The van der Waals surface area contributed by atoms with Crippen LogP contribution in [0.2, 0.25) is 0 Å². The van der Waals surface area contributed by atoms with Gasteiger partial charge in [0.1, 0.15) is 5.69 Å². The molecule has 1 aromatic heterocycles. The average Bonchev–Trinajstić information content (AvgIpc) is 2.79. The SMILES string of the molecule is CCn1ncc(Br)c1C(=O)CSc1ccc(Br)cc1. The maximum absolute atomic E-state index is 12.2. The van der Waals surface area contributed by atoms with Crippen molar-refractivity contribution in [3.05, 3.63) is 45.1 Å². The van der Waals surface area contributed by atoms with Gasteiger partial charge < -0.3 is 0 Å². The number of halogens is 2. The monoisotopic (exact) mass is 402 g/mol. The molecule has 100 valence electrons.